The Bertz CT molecular complexity index is 735. The van der Waals surface area contributed by atoms with E-state index in [-0.39, 0.29) is 11.9 Å². The Labute approximate surface area is 154 Å². The summed E-state index contributed by atoms with van der Waals surface area (Å²) in [6, 6.07) is 4.48. The highest BCUT2D eigenvalue weighted by Crippen LogP contribution is 2.19. The zero-order chi connectivity index (χ0) is 18.5. The molecule has 1 amide bonds. The summed E-state index contributed by atoms with van der Waals surface area (Å²) in [6.07, 6.45) is 5.36. The van der Waals surface area contributed by atoms with Gasteiger partial charge in [0.1, 0.15) is 17.8 Å². The first kappa shape index (κ1) is 18.7. The summed E-state index contributed by atoms with van der Waals surface area (Å²) in [6.45, 7) is 7.27. The Morgan fingerprint density at radius 1 is 1.35 bits per heavy atom. The lowest BCUT2D eigenvalue weighted by molar-refractivity contribution is 0.0561. The summed E-state index contributed by atoms with van der Waals surface area (Å²) in [5.74, 6) is -0.110. The van der Waals surface area contributed by atoms with Crippen molar-refractivity contribution in [3.05, 3.63) is 30.2 Å². The number of fused-ring (bicyclic) bond motifs is 1. The molecule has 7 heteroatoms. The van der Waals surface area contributed by atoms with Crippen LogP contribution >= 0.6 is 0 Å². The summed E-state index contributed by atoms with van der Waals surface area (Å²) < 4.78 is 6.61. The molecule has 0 saturated carbocycles. The van der Waals surface area contributed by atoms with Crippen LogP contribution in [0.1, 0.15) is 37.2 Å². The normalized spacial score (nSPS) is 16.3. The number of amides is 1. The van der Waals surface area contributed by atoms with Crippen molar-refractivity contribution in [1.29, 1.82) is 0 Å². The first-order valence-electron chi connectivity index (χ1n) is 9.22. The lowest BCUT2D eigenvalue weighted by Gasteiger charge is -2.34. The minimum Gasteiger partial charge on any atom is -0.411 e. The molecular formula is C19H28N4O3. The molecule has 0 atom stereocenters. The second-order valence-corrected chi connectivity index (χ2v) is 6.96. The molecule has 0 unspecified atom stereocenters. The Morgan fingerprint density at radius 2 is 2.12 bits per heavy atom. The van der Waals surface area contributed by atoms with Gasteiger partial charge in [-0.25, -0.2) is 0 Å². The molecule has 0 aromatic carbocycles. The molecule has 1 aliphatic heterocycles. The summed E-state index contributed by atoms with van der Waals surface area (Å²) in [7, 11) is 1.62. The predicted octanol–water partition coefficient (Wildman–Crippen LogP) is 1.71. The van der Waals surface area contributed by atoms with Gasteiger partial charge in [-0.1, -0.05) is 0 Å². The van der Waals surface area contributed by atoms with E-state index in [1.807, 2.05) is 12.1 Å². The van der Waals surface area contributed by atoms with E-state index in [1.54, 1.807) is 24.2 Å². The number of likely N-dealkylation sites (tertiary alicyclic amines) is 1. The number of carbonyl (C=O) groups excluding carboxylic acids is 1. The van der Waals surface area contributed by atoms with Crippen LogP contribution in [-0.2, 0) is 4.74 Å². The minimum absolute atomic E-state index is 0.110. The Kier molecular flexibility index (Phi) is 6.11. The van der Waals surface area contributed by atoms with E-state index in [9.17, 15) is 4.79 Å². The molecule has 2 aromatic rings. The van der Waals surface area contributed by atoms with Gasteiger partial charge in [0.2, 0.25) is 0 Å². The Balaban J connectivity index is 1.72. The fraction of sp³-hybridized carbons (Fsp3) is 0.579. The molecule has 0 aliphatic carbocycles. The van der Waals surface area contributed by atoms with E-state index in [0.29, 0.717) is 24.9 Å². The highest BCUT2D eigenvalue weighted by molar-refractivity contribution is 5.98. The van der Waals surface area contributed by atoms with E-state index in [0.717, 1.165) is 36.8 Å². The smallest absolute Gasteiger partial charge is 0.271 e. The van der Waals surface area contributed by atoms with Crippen molar-refractivity contribution in [3.8, 4) is 0 Å². The van der Waals surface area contributed by atoms with Gasteiger partial charge in [-0.3, -0.25) is 9.78 Å². The third-order valence-electron chi connectivity index (χ3n) is 4.90. The summed E-state index contributed by atoms with van der Waals surface area (Å²) >= 11 is 0. The van der Waals surface area contributed by atoms with Crippen molar-refractivity contribution in [2.75, 3.05) is 33.4 Å². The monoisotopic (exact) mass is 360 g/mol. The average Bonchev–Trinajstić information content (AvgIpc) is 3.01. The lowest BCUT2D eigenvalue weighted by atomic mass is 10.0. The van der Waals surface area contributed by atoms with Gasteiger partial charge in [0, 0.05) is 43.9 Å². The number of methoxy groups -OCH3 is 1. The van der Waals surface area contributed by atoms with E-state index in [2.05, 4.69) is 29.0 Å². The number of nitrogens with zero attached hydrogens (tertiary/aromatic N) is 3. The quantitative estimate of drug-likeness (QED) is 0.762. The van der Waals surface area contributed by atoms with Crippen LogP contribution in [0.25, 0.3) is 10.9 Å². The first-order valence-corrected chi connectivity index (χ1v) is 9.22. The molecule has 3 rings (SSSR count). The minimum atomic E-state index is -0.110. The molecule has 26 heavy (non-hydrogen) atoms. The van der Waals surface area contributed by atoms with Crippen molar-refractivity contribution in [2.24, 2.45) is 0 Å². The Morgan fingerprint density at radius 3 is 2.81 bits per heavy atom. The molecule has 3 heterocycles. The van der Waals surface area contributed by atoms with Gasteiger partial charge < -0.3 is 19.8 Å². The van der Waals surface area contributed by atoms with Crippen LogP contribution < -0.4 is 10.2 Å². The van der Waals surface area contributed by atoms with Crippen molar-refractivity contribution >= 4 is 16.8 Å². The van der Waals surface area contributed by atoms with Crippen LogP contribution in [-0.4, -0.2) is 66.0 Å². The standard InChI is InChI=1S/C19H28N4O3/c1-14(2)22-8-5-16(6-9-22)21-19(24)17-12-15-4-7-20-13-18(15)23(17)26-11-10-25-3/h4,7,12-14,16H,5-6,8-11H2,1-3H3,(H,21,24). The molecule has 7 nitrogen and oxygen atoms in total. The molecule has 0 spiro atoms. The van der Waals surface area contributed by atoms with Crippen LogP contribution in [0.2, 0.25) is 0 Å². The van der Waals surface area contributed by atoms with Gasteiger partial charge in [0.15, 0.2) is 0 Å². The number of piperidine rings is 1. The van der Waals surface area contributed by atoms with Gasteiger partial charge in [-0.05, 0) is 38.8 Å². The van der Waals surface area contributed by atoms with Crippen molar-refractivity contribution < 1.29 is 14.4 Å². The SMILES string of the molecule is COCCOn1c(C(=O)NC2CCN(C(C)C)CC2)cc2ccncc21. The largest absolute Gasteiger partial charge is 0.411 e. The molecule has 2 aromatic heterocycles. The zero-order valence-electron chi connectivity index (χ0n) is 15.8. The molecule has 1 saturated heterocycles. The van der Waals surface area contributed by atoms with Crippen molar-refractivity contribution in [3.63, 3.8) is 0 Å². The fourth-order valence-electron chi connectivity index (χ4n) is 3.35. The van der Waals surface area contributed by atoms with Crippen molar-refractivity contribution in [2.45, 2.75) is 38.8 Å². The third kappa shape index (κ3) is 4.16. The maximum Gasteiger partial charge on any atom is 0.271 e. The Hall–Kier alpha value is -2.12. The number of rotatable bonds is 7. The molecule has 142 valence electrons. The van der Waals surface area contributed by atoms with Gasteiger partial charge in [-0.2, -0.15) is 4.73 Å². The number of nitrogens with one attached hydrogen (secondary N) is 1. The van der Waals surface area contributed by atoms with E-state index < -0.39 is 0 Å². The van der Waals surface area contributed by atoms with E-state index in [4.69, 9.17) is 9.57 Å². The molecule has 0 bridgehead atoms. The maximum atomic E-state index is 12.9. The van der Waals surface area contributed by atoms with Crippen LogP contribution in [0.4, 0.5) is 0 Å². The number of pyridine rings is 1. The van der Waals surface area contributed by atoms with E-state index >= 15 is 0 Å². The number of hydrogen-bond acceptors (Lipinski definition) is 5. The summed E-state index contributed by atoms with van der Waals surface area (Å²) in [5, 5.41) is 4.10. The van der Waals surface area contributed by atoms with Gasteiger partial charge in [0.25, 0.3) is 5.91 Å². The van der Waals surface area contributed by atoms with E-state index in [1.165, 1.54) is 0 Å². The summed E-state index contributed by atoms with van der Waals surface area (Å²) in [4.78, 5) is 25.2. The van der Waals surface area contributed by atoms with Gasteiger partial charge in [-0.15, -0.1) is 0 Å². The molecule has 1 aliphatic rings. The highest BCUT2D eigenvalue weighted by Gasteiger charge is 2.24. The number of ether oxygens (including phenoxy) is 1. The van der Waals surface area contributed by atoms with Gasteiger partial charge in [0.05, 0.1) is 12.8 Å². The second-order valence-electron chi connectivity index (χ2n) is 6.96. The zero-order valence-corrected chi connectivity index (χ0v) is 15.8. The molecule has 0 radical (unpaired) electrons. The molecule has 1 fully saturated rings. The van der Waals surface area contributed by atoms with Crippen LogP contribution in [0, 0.1) is 0 Å². The first-order chi connectivity index (χ1) is 12.6. The third-order valence-corrected chi connectivity index (χ3v) is 4.90. The highest BCUT2D eigenvalue weighted by atomic mass is 16.7. The second kappa shape index (κ2) is 8.51. The average molecular weight is 360 g/mol. The van der Waals surface area contributed by atoms with Crippen molar-refractivity contribution in [1.82, 2.24) is 19.9 Å². The van der Waals surface area contributed by atoms with Crippen LogP contribution in [0.15, 0.2) is 24.5 Å². The fourth-order valence-corrected chi connectivity index (χ4v) is 3.35. The molecular weight excluding hydrogens is 332 g/mol. The molecule has 1 N–H and O–H groups in total. The number of aromatic nitrogens is 2. The number of carbonyl (C=O) groups is 1. The van der Waals surface area contributed by atoms with Crippen LogP contribution in [0.5, 0.6) is 0 Å². The van der Waals surface area contributed by atoms with Gasteiger partial charge >= 0.3 is 0 Å². The predicted molar refractivity (Wildman–Crippen MR) is 100 cm³/mol. The van der Waals surface area contributed by atoms with Crippen LogP contribution in [0.3, 0.4) is 0 Å². The number of hydrogen-bond donors (Lipinski definition) is 1. The topological polar surface area (TPSA) is 68.6 Å². The maximum absolute atomic E-state index is 12.9. The summed E-state index contributed by atoms with van der Waals surface area (Å²) in [5.41, 5.74) is 1.28. The lowest BCUT2D eigenvalue weighted by Crippen LogP contribution is -2.47.